The summed E-state index contributed by atoms with van der Waals surface area (Å²) in [6.07, 6.45) is 0. The van der Waals surface area contributed by atoms with Crippen LogP contribution in [0.3, 0.4) is 0 Å². The standard InChI is InChI=1S/C23H20ClN3O2/c1-15-26-19-13-16(23(28)25-14-17-7-3-4-8-18(17)24)11-12-20(19)27(15)21-9-5-6-10-22(21)29-2/h3-13H,14H2,1-2H3,(H,25,28). The molecule has 0 aliphatic rings. The number of hydrogen-bond acceptors (Lipinski definition) is 3. The smallest absolute Gasteiger partial charge is 0.251 e. The Morgan fingerprint density at radius 1 is 1.10 bits per heavy atom. The molecule has 1 heterocycles. The molecule has 0 aliphatic carbocycles. The van der Waals surface area contributed by atoms with Crippen LogP contribution in [-0.4, -0.2) is 22.6 Å². The molecule has 5 nitrogen and oxygen atoms in total. The van der Waals surface area contributed by atoms with E-state index in [1.807, 2.05) is 66.1 Å². The average Bonchev–Trinajstić information content (AvgIpc) is 3.07. The minimum absolute atomic E-state index is 0.170. The summed E-state index contributed by atoms with van der Waals surface area (Å²) in [5.41, 5.74) is 3.99. The summed E-state index contributed by atoms with van der Waals surface area (Å²) in [4.78, 5) is 17.3. The number of imidazole rings is 1. The molecule has 0 radical (unpaired) electrons. The zero-order valence-electron chi connectivity index (χ0n) is 16.1. The van der Waals surface area contributed by atoms with Crippen LogP contribution in [0.15, 0.2) is 66.7 Å². The lowest BCUT2D eigenvalue weighted by atomic mass is 10.1. The van der Waals surface area contributed by atoms with Crippen molar-refractivity contribution >= 4 is 28.5 Å². The molecule has 4 aromatic rings. The Balaban J connectivity index is 1.64. The number of nitrogens with zero attached hydrogens (tertiary/aromatic N) is 2. The van der Waals surface area contributed by atoms with Crippen LogP contribution < -0.4 is 10.1 Å². The van der Waals surface area contributed by atoms with E-state index in [1.165, 1.54) is 0 Å². The first kappa shape index (κ1) is 19.0. The Kier molecular flexibility index (Phi) is 5.23. The van der Waals surface area contributed by atoms with Crippen molar-refractivity contribution in [3.63, 3.8) is 0 Å². The molecule has 146 valence electrons. The summed E-state index contributed by atoms with van der Waals surface area (Å²) >= 11 is 6.16. The third-order valence-corrected chi connectivity index (χ3v) is 5.18. The molecule has 1 aromatic heterocycles. The van der Waals surface area contributed by atoms with E-state index in [2.05, 4.69) is 10.3 Å². The van der Waals surface area contributed by atoms with Gasteiger partial charge in [0.15, 0.2) is 0 Å². The normalized spacial score (nSPS) is 10.9. The van der Waals surface area contributed by atoms with Gasteiger partial charge in [0.25, 0.3) is 5.91 Å². The maximum Gasteiger partial charge on any atom is 0.251 e. The molecule has 0 saturated carbocycles. The van der Waals surface area contributed by atoms with E-state index >= 15 is 0 Å². The molecule has 29 heavy (non-hydrogen) atoms. The highest BCUT2D eigenvalue weighted by Gasteiger charge is 2.15. The molecule has 4 rings (SSSR count). The predicted octanol–water partition coefficient (Wildman–Crippen LogP) is 4.93. The first-order valence-electron chi connectivity index (χ1n) is 9.22. The third kappa shape index (κ3) is 3.69. The summed E-state index contributed by atoms with van der Waals surface area (Å²) in [6.45, 7) is 2.30. The van der Waals surface area contributed by atoms with Gasteiger partial charge in [-0.05, 0) is 48.9 Å². The average molecular weight is 406 g/mol. The van der Waals surface area contributed by atoms with Gasteiger partial charge in [-0.2, -0.15) is 0 Å². The quantitative estimate of drug-likeness (QED) is 0.512. The number of amides is 1. The van der Waals surface area contributed by atoms with Gasteiger partial charge in [-0.3, -0.25) is 9.36 Å². The van der Waals surface area contributed by atoms with Crippen molar-refractivity contribution in [3.8, 4) is 11.4 Å². The van der Waals surface area contributed by atoms with Crippen molar-refractivity contribution in [3.05, 3.63) is 88.7 Å². The Hall–Kier alpha value is -3.31. The number of hydrogen-bond donors (Lipinski definition) is 1. The monoisotopic (exact) mass is 405 g/mol. The number of para-hydroxylation sites is 2. The van der Waals surface area contributed by atoms with Gasteiger partial charge in [-0.25, -0.2) is 4.98 Å². The van der Waals surface area contributed by atoms with Crippen LogP contribution >= 0.6 is 11.6 Å². The predicted molar refractivity (Wildman–Crippen MR) is 115 cm³/mol. The molecule has 0 bridgehead atoms. The largest absolute Gasteiger partial charge is 0.495 e. The van der Waals surface area contributed by atoms with Crippen LogP contribution in [0.1, 0.15) is 21.7 Å². The molecular weight excluding hydrogens is 386 g/mol. The summed E-state index contributed by atoms with van der Waals surface area (Å²) in [5, 5.41) is 3.55. The van der Waals surface area contributed by atoms with Gasteiger partial charge in [0.2, 0.25) is 0 Å². The van der Waals surface area contributed by atoms with Crippen molar-refractivity contribution < 1.29 is 9.53 Å². The van der Waals surface area contributed by atoms with E-state index in [0.717, 1.165) is 33.9 Å². The van der Waals surface area contributed by atoms with E-state index in [-0.39, 0.29) is 5.91 Å². The number of fused-ring (bicyclic) bond motifs is 1. The SMILES string of the molecule is COc1ccccc1-n1c(C)nc2cc(C(=O)NCc3ccccc3Cl)ccc21. The second-order valence-electron chi connectivity index (χ2n) is 6.64. The number of methoxy groups -OCH3 is 1. The van der Waals surface area contributed by atoms with Crippen molar-refractivity contribution in [2.45, 2.75) is 13.5 Å². The number of aryl methyl sites for hydroxylation is 1. The zero-order chi connectivity index (χ0) is 20.4. The summed E-state index contributed by atoms with van der Waals surface area (Å²) in [5.74, 6) is 1.41. The van der Waals surface area contributed by atoms with E-state index in [1.54, 1.807) is 19.2 Å². The number of halogens is 1. The van der Waals surface area contributed by atoms with Crippen molar-refractivity contribution in [1.82, 2.24) is 14.9 Å². The molecule has 1 N–H and O–H groups in total. The summed E-state index contributed by atoms with van der Waals surface area (Å²) < 4.78 is 7.52. The molecule has 0 fully saturated rings. The van der Waals surface area contributed by atoms with Gasteiger partial charge in [0.1, 0.15) is 11.6 Å². The summed E-state index contributed by atoms with van der Waals surface area (Å²) in [6, 6.07) is 20.8. The van der Waals surface area contributed by atoms with Crippen LogP contribution in [0, 0.1) is 6.92 Å². The second-order valence-corrected chi connectivity index (χ2v) is 7.05. The molecular formula is C23H20ClN3O2. The van der Waals surface area contributed by atoms with Crippen LogP contribution in [0.25, 0.3) is 16.7 Å². The van der Waals surface area contributed by atoms with Gasteiger partial charge >= 0.3 is 0 Å². The highest BCUT2D eigenvalue weighted by molar-refractivity contribution is 6.31. The minimum Gasteiger partial charge on any atom is -0.495 e. The van der Waals surface area contributed by atoms with Crippen LogP contribution in [-0.2, 0) is 6.54 Å². The summed E-state index contributed by atoms with van der Waals surface area (Å²) in [7, 11) is 1.65. The molecule has 0 unspecified atom stereocenters. The maximum absolute atomic E-state index is 12.6. The van der Waals surface area contributed by atoms with Gasteiger partial charge in [-0.15, -0.1) is 0 Å². The molecule has 0 atom stereocenters. The Labute approximate surface area is 173 Å². The first-order chi connectivity index (χ1) is 14.1. The van der Waals surface area contributed by atoms with Crippen molar-refractivity contribution in [2.24, 2.45) is 0 Å². The van der Waals surface area contributed by atoms with Gasteiger partial charge in [-0.1, -0.05) is 41.9 Å². The van der Waals surface area contributed by atoms with Crippen LogP contribution in [0.5, 0.6) is 5.75 Å². The third-order valence-electron chi connectivity index (χ3n) is 4.81. The van der Waals surface area contributed by atoms with E-state index in [4.69, 9.17) is 16.3 Å². The number of carbonyl (C=O) groups excluding carboxylic acids is 1. The van der Waals surface area contributed by atoms with Crippen molar-refractivity contribution in [1.29, 1.82) is 0 Å². The van der Waals surface area contributed by atoms with Gasteiger partial charge in [0.05, 0.1) is 23.8 Å². The molecule has 0 aliphatic heterocycles. The Bertz CT molecular complexity index is 1200. The van der Waals surface area contributed by atoms with Gasteiger partial charge in [0, 0.05) is 17.1 Å². The highest BCUT2D eigenvalue weighted by Crippen LogP contribution is 2.28. The number of rotatable bonds is 5. The minimum atomic E-state index is -0.170. The van der Waals surface area contributed by atoms with E-state index in [0.29, 0.717) is 17.1 Å². The lowest BCUT2D eigenvalue weighted by molar-refractivity contribution is 0.0951. The maximum atomic E-state index is 12.6. The van der Waals surface area contributed by atoms with E-state index in [9.17, 15) is 4.79 Å². The fraction of sp³-hybridized carbons (Fsp3) is 0.130. The number of nitrogens with one attached hydrogen (secondary N) is 1. The fourth-order valence-electron chi connectivity index (χ4n) is 3.38. The van der Waals surface area contributed by atoms with Crippen LogP contribution in [0.2, 0.25) is 5.02 Å². The van der Waals surface area contributed by atoms with Crippen molar-refractivity contribution in [2.75, 3.05) is 7.11 Å². The lowest BCUT2D eigenvalue weighted by Gasteiger charge is -2.12. The molecule has 6 heteroatoms. The van der Waals surface area contributed by atoms with E-state index < -0.39 is 0 Å². The Morgan fingerprint density at radius 2 is 1.86 bits per heavy atom. The zero-order valence-corrected chi connectivity index (χ0v) is 16.9. The molecule has 1 amide bonds. The molecule has 0 saturated heterocycles. The lowest BCUT2D eigenvalue weighted by Crippen LogP contribution is -2.22. The number of benzene rings is 3. The topological polar surface area (TPSA) is 56.2 Å². The molecule has 3 aromatic carbocycles. The number of aromatic nitrogens is 2. The first-order valence-corrected chi connectivity index (χ1v) is 9.60. The number of ether oxygens (including phenoxy) is 1. The fourth-order valence-corrected chi connectivity index (χ4v) is 3.58. The second kappa shape index (κ2) is 7.97. The highest BCUT2D eigenvalue weighted by atomic mass is 35.5. The van der Waals surface area contributed by atoms with Crippen LogP contribution in [0.4, 0.5) is 0 Å². The molecule has 0 spiro atoms. The Morgan fingerprint density at radius 3 is 2.66 bits per heavy atom. The van der Waals surface area contributed by atoms with Gasteiger partial charge < -0.3 is 10.1 Å². The number of carbonyl (C=O) groups is 1.